The van der Waals surface area contributed by atoms with Crippen LogP contribution in [0, 0.1) is 5.41 Å². The number of hydrogen-bond acceptors (Lipinski definition) is 3. The number of rotatable bonds is 4. The maximum Gasteiger partial charge on any atom is 0.239 e. The van der Waals surface area contributed by atoms with Gasteiger partial charge in [-0.2, -0.15) is 0 Å². The molecule has 0 aromatic carbocycles. The van der Waals surface area contributed by atoms with Crippen LogP contribution in [-0.2, 0) is 9.53 Å². The van der Waals surface area contributed by atoms with Crippen LogP contribution in [0.25, 0.3) is 0 Å². The summed E-state index contributed by atoms with van der Waals surface area (Å²) in [6, 6.07) is 0.291. The lowest BCUT2D eigenvalue weighted by atomic mass is 9.64. The Labute approximate surface area is 128 Å². The van der Waals surface area contributed by atoms with Crippen LogP contribution in [0.4, 0.5) is 0 Å². The highest BCUT2D eigenvalue weighted by molar-refractivity contribution is 5.86. The minimum atomic E-state index is -0.225. The van der Waals surface area contributed by atoms with Crippen molar-refractivity contribution in [3.63, 3.8) is 0 Å². The van der Waals surface area contributed by atoms with E-state index >= 15 is 0 Å². The van der Waals surface area contributed by atoms with Crippen LogP contribution in [0.2, 0.25) is 0 Å². The van der Waals surface area contributed by atoms with Crippen LogP contribution >= 0.6 is 0 Å². The Hall–Kier alpha value is -1.30. The van der Waals surface area contributed by atoms with Crippen LogP contribution < -0.4 is 16.0 Å². The zero-order valence-corrected chi connectivity index (χ0v) is 14.3. The van der Waals surface area contributed by atoms with Gasteiger partial charge < -0.3 is 20.7 Å². The average Bonchev–Trinajstić information content (AvgIpc) is 2.35. The maximum atomic E-state index is 11.8. The second-order valence-electron chi connectivity index (χ2n) is 7.20. The third kappa shape index (κ3) is 4.88. The summed E-state index contributed by atoms with van der Waals surface area (Å²) in [5.41, 5.74) is -0.169. The van der Waals surface area contributed by atoms with E-state index in [1.165, 1.54) is 0 Å². The zero-order chi connectivity index (χ0) is 16.3. The van der Waals surface area contributed by atoms with Gasteiger partial charge in [-0.15, -0.1) is 0 Å². The molecule has 1 aliphatic carbocycles. The predicted molar refractivity (Wildman–Crippen MR) is 85.4 cm³/mol. The highest BCUT2D eigenvalue weighted by atomic mass is 16.5. The molecular weight excluding hydrogens is 268 g/mol. The van der Waals surface area contributed by atoms with Crippen LogP contribution in [0.15, 0.2) is 4.99 Å². The molecule has 122 valence electrons. The first kappa shape index (κ1) is 17.8. The van der Waals surface area contributed by atoms with Crippen molar-refractivity contribution in [3.8, 4) is 0 Å². The van der Waals surface area contributed by atoms with Crippen molar-refractivity contribution >= 4 is 11.9 Å². The van der Waals surface area contributed by atoms with Gasteiger partial charge in [0.15, 0.2) is 5.96 Å². The summed E-state index contributed by atoms with van der Waals surface area (Å²) in [6.07, 6.45) is 1.20. The third-order valence-electron chi connectivity index (χ3n) is 3.93. The number of hydrogen-bond donors (Lipinski definition) is 3. The fourth-order valence-corrected chi connectivity index (χ4v) is 2.52. The van der Waals surface area contributed by atoms with Crippen molar-refractivity contribution in [3.05, 3.63) is 0 Å². The van der Waals surface area contributed by atoms with Gasteiger partial charge in [0.25, 0.3) is 0 Å². The molecule has 1 rings (SSSR count). The number of nitrogens with one attached hydrogen (secondary N) is 3. The van der Waals surface area contributed by atoms with Gasteiger partial charge in [-0.25, -0.2) is 0 Å². The molecule has 1 fully saturated rings. The van der Waals surface area contributed by atoms with E-state index in [0.29, 0.717) is 12.0 Å². The molecule has 0 heterocycles. The predicted octanol–water partition coefficient (Wildman–Crippen LogP) is 0.880. The van der Waals surface area contributed by atoms with Gasteiger partial charge in [0, 0.05) is 31.2 Å². The summed E-state index contributed by atoms with van der Waals surface area (Å²) in [5, 5.41) is 9.31. The number of methoxy groups -OCH3 is 1. The van der Waals surface area contributed by atoms with Crippen molar-refractivity contribution in [2.24, 2.45) is 10.4 Å². The number of nitrogens with zero attached hydrogens (tertiary/aromatic N) is 1. The fourth-order valence-electron chi connectivity index (χ4n) is 2.52. The molecule has 0 spiro atoms. The minimum Gasteiger partial charge on any atom is -0.381 e. The normalized spacial score (nSPS) is 25.0. The Morgan fingerprint density at radius 3 is 2.43 bits per heavy atom. The largest absolute Gasteiger partial charge is 0.381 e. The maximum absolute atomic E-state index is 11.8. The van der Waals surface area contributed by atoms with Crippen LogP contribution in [0.1, 0.15) is 41.0 Å². The van der Waals surface area contributed by atoms with E-state index < -0.39 is 0 Å². The lowest BCUT2D eigenvalue weighted by molar-refractivity contribution is -0.121. The standard InChI is InChI=1S/C15H30N4O2/c1-14(2,3)19-12(20)9-17-13(16-6)18-10-8-11(21-7)15(10,4)5/h10-11H,8-9H2,1-7H3,(H,19,20)(H2,16,17,18). The summed E-state index contributed by atoms with van der Waals surface area (Å²) < 4.78 is 5.44. The Balaban J connectivity index is 2.43. The van der Waals surface area contributed by atoms with Crippen molar-refractivity contribution < 1.29 is 9.53 Å². The van der Waals surface area contributed by atoms with Gasteiger partial charge in [0.1, 0.15) is 0 Å². The van der Waals surface area contributed by atoms with E-state index in [1.54, 1.807) is 14.2 Å². The summed E-state index contributed by atoms with van der Waals surface area (Å²) in [5.74, 6) is 0.597. The van der Waals surface area contributed by atoms with Crippen LogP contribution in [0.5, 0.6) is 0 Å². The molecule has 2 atom stereocenters. The zero-order valence-electron chi connectivity index (χ0n) is 14.3. The van der Waals surface area contributed by atoms with Crippen LogP contribution in [-0.4, -0.2) is 50.3 Å². The van der Waals surface area contributed by atoms with E-state index in [2.05, 4.69) is 34.8 Å². The quantitative estimate of drug-likeness (QED) is 0.532. The Kier molecular flexibility index (Phi) is 5.61. The lowest BCUT2D eigenvalue weighted by Crippen LogP contribution is -2.63. The summed E-state index contributed by atoms with van der Waals surface area (Å²) in [6.45, 7) is 10.4. The van der Waals surface area contributed by atoms with Gasteiger partial charge >= 0.3 is 0 Å². The number of carbonyl (C=O) groups excluding carboxylic acids is 1. The summed E-state index contributed by atoms with van der Waals surface area (Å²) >= 11 is 0. The van der Waals surface area contributed by atoms with Gasteiger partial charge in [0.05, 0.1) is 12.6 Å². The highest BCUT2D eigenvalue weighted by Crippen LogP contribution is 2.42. The first-order valence-corrected chi connectivity index (χ1v) is 7.41. The molecule has 6 heteroatoms. The second-order valence-corrected chi connectivity index (χ2v) is 7.20. The number of ether oxygens (including phenoxy) is 1. The van der Waals surface area contributed by atoms with Gasteiger partial charge in [0.2, 0.25) is 5.91 Å². The average molecular weight is 298 g/mol. The molecule has 0 radical (unpaired) electrons. The number of carbonyl (C=O) groups is 1. The second kappa shape index (κ2) is 6.64. The molecule has 21 heavy (non-hydrogen) atoms. The highest BCUT2D eigenvalue weighted by Gasteiger charge is 2.48. The molecule has 0 aromatic rings. The van der Waals surface area contributed by atoms with Gasteiger partial charge in [-0.1, -0.05) is 13.8 Å². The Morgan fingerprint density at radius 1 is 1.38 bits per heavy atom. The van der Waals surface area contributed by atoms with E-state index in [-0.39, 0.29) is 29.5 Å². The van der Waals surface area contributed by atoms with E-state index in [1.807, 2.05) is 20.8 Å². The SMILES string of the molecule is CN=C(NCC(=O)NC(C)(C)C)NC1CC(OC)C1(C)C. The molecule has 0 aromatic heterocycles. The molecular formula is C15H30N4O2. The molecule has 0 bridgehead atoms. The molecule has 0 aliphatic heterocycles. The van der Waals surface area contributed by atoms with Gasteiger partial charge in [-0.3, -0.25) is 9.79 Å². The van der Waals surface area contributed by atoms with E-state index in [9.17, 15) is 4.79 Å². The smallest absolute Gasteiger partial charge is 0.239 e. The van der Waals surface area contributed by atoms with Crippen molar-refractivity contribution in [2.45, 2.75) is 58.7 Å². The van der Waals surface area contributed by atoms with Gasteiger partial charge in [-0.05, 0) is 27.2 Å². The van der Waals surface area contributed by atoms with E-state index in [4.69, 9.17) is 4.74 Å². The monoisotopic (exact) mass is 298 g/mol. The molecule has 3 N–H and O–H groups in total. The van der Waals surface area contributed by atoms with Crippen molar-refractivity contribution in [2.75, 3.05) is 20.7 Å². The fraction of sp³-hybridized carbons (Fsp3) is 0.867. The Morgan fingerprint density at radius 2 is 2.00 bits per heavy atom. The molecule has 2 unspecified atom stereocenters. The van der Waals surface area contributed by atoms with Crippen molar-refractivity contribution in [1.82, 2.24) is 16.0 Å². The number of amides is 1. The topological polar surface area (TPSA) is 74.8 Å². The summed E-state index contributed by atoms with van der Waals surface area (Å²) in [4.78, 5) is 16.0. The Bertz CT molecular complexity index is 399. The number of guanidine groups is 1. The minimum absolute atomic E-state index is 0.0481. The first-order chi connectivity index (χ1) is 9.60. The molecule has 0 saturated heterocycles. The molecule has 1 amide bonds. The first-order valence-electron chi connectivity index (χ1n) is 7.41. The van der Waals surface area contributed by atoms with Crippen molar-refractivity contribution in [1.29, 1.82) is 0 Å². The number of aliphatic imine (C=N–C) groups is 1. The summed E-state index contributed by atoms with van der Waals surface area (Å²) in [7, 11) is 3.45. The van der Waals surface area contributed by atoms with E-state index in [0.717, 1.165) is 6.42 Å². The molecule has 1 aliphatic rings. The lowest BCUT2D eigenvalue weighted by Gasteiger charge is -2.51. The third-order valence-corrected chi connectivity index (χ3v) is 3.93. The molecule has 1 saturated carbocycles. The van der Waals surface area contributed by atoms with Crippen LogP contribution in [0.3, 0.4) is 0 Å². The molecule has 6 nitrogen and oxygen atoms in total.